The standard InChI is InChI=1S/C108H56N10OS/c1-3-25-61-53-87-74(50-60(61)24-1)76-56-90-96(97-70-32-12-15-35-79(70)113(87)101(76)97)69-31-11-18-38-82(69)118(90)108-110-100-72-34-14-20-40-92(72)120-104(100)106(112-108)115-84-46-44-63(51-77(84)94-66-28-8-6-22-58(66)41-47-85(94)115)64-43-45-83-78(52-64)98-95-68-30-10-16-36-80(68)116(89(95)55-75-73-49-59-23-2-4-26-62(59)54-88(73)114(83)102(75)98)105-103-99(71-33-13-19-39-91(71)119-103)109-107(111-105)117-81-37-17-9-29-67(81)93-65-27-7-5-21-57(65)42-48-86(93)117/h1-56H. The molecule has 550 valence electrons. The number of hydrogen-bond donors (Lipinski definition) is 0. The quantitative estimate of drug-likeness (QED) is 0.171. The molecule has 0 amide bonds. The lowest BCUT2D eigenvalue weighted by molar-refractivity contribution is 0.661. The van der Waals surface area contributed by atoms with E-state index in [-0.39, 0.29) is 0 Å². The lowest BCUT2D eigenvalue weighted by Gasteiger charge is -2.13. The van der Waals surface area contributed by atoms with Gasteiger partial charge in [0.1, 0.15) is 11.1 Å². The minimum absolute atomic E-state index is 0.559. The van der Waals surface area contributed by atoms with Crippen molar-refractivity contribution in [2.75, 3.05) is 0 Å². The van der Waals surface area contributed by atoms with Crippen molar-refractivity contribution in [3.05, 3.63) is 340 Å². The lowest BCUT2D eigenvalue weighted by atomic mass is 9.97. The minimum atomic E-state index is 0.559. The van der Waals surface area contributed by atoms with Crippen molar-refractivity contribution in [1.82, 2.24) is 47.0 Å². The summed E-state index contributed by atoms with van der Waals surface area (Å²) in [4.78, 5) is 23.4. The van der Waals surface area contributed by atoms with Crippen LogP contribution in [0.1, 0.15) is 0 Å². The van der Waals surface area contributed by atoms with Crippen LogP contribution in [0.3, 0.4) is 0 Å². The van der Waals surface area contributed by atoms with Crippen LogP contribution in [0.15, 0.2) is 344 Å². The Morgan fingerprint density at radius 1 is 0.225 bits per heavy atom. The molecule has 0 unspecified atom stereocenters. The van der Waals surface area contributed by atoms with E-state index in [1.54, 1.807) is 11.3 Å². The van der Waals surface area contributed by atoms with E-state index >= 15 is 0 Å². The van der Waals surface area contributed by atoms with Crippen LogP contribution in [0.4, 0.5) is 0 Å². The number of para-hydroxylation sites is 5. The summed E-state index contributed by atoms with van der Waals surface area (Å²) in [7, 11) is 0. The number of hydrogen-bond acceptors (Lipinski definition) is 6. The Hall–Kier alpha value is -16.0. The third-order valence-corrected chi connectivity index (χ3v) is 27.9. The molecule has 120 heavy (non-hydrogen) atoms. The van der Waals surface area contributed by atoms with Crippen molar-refractivity contribution in [3.63, 3.8) is 0 Å². The van der Waals surface area contributed by atoms with Gasteiger partial charge in [0.05, 0.1) is 87.5 Å². The van der Waals surface area contributed by atoms with Crippen LogP contribution in [0.2, 0.25) is 0 Å². The van der Waals surface area contributed by atoms with E-state index in [1.807, 2.05) is 12.1 Å². The van der Waals surface area contributed by atoms with E-state index in [2.05, 4.69) is 355 Å². The highest BCUT2D eigenvalue weighted by molar-refractivity contribution is 7.26. The van der Waals surface area contributed by atoms with Gasteiger partial charge in [-0.05, 0) is 169 Å². The van der Waals surface area contributed by atoms with Crippen molar-refractivity contribution in [3.8, 4) is 34.7 Å². The third-order valence-electron chi connectivity index (χ3n) is 26.8. The first-order chi connectivity index (χ1) is 59.5. The lowest BCUT2D eigenvalue weighted by Crippen LogP contribution is -2.06. The first kappa shape index (κ1) is 62.4. The molecule has 0 bridgehead atoms. The number of aromatic nitrogens is 10. The maximum Gasteiger partial charge on any atom is 0.237 e. The van der Waals surface area contributed by atoms with Crippen LogP contribution in [0, 0.1) is 0 Å². The molecule has 30 rings (SSSR count). The van der Waals surface area contributed by atoms with Gasteiger partial charge in [0.2, 0.25) is 11.9 Å². The molecule has 0 radical (unpaired) electrons. The van der Waals surface area contributed by atoms with Gasteiger partial charge in [-0.1, -0.05) is 224 Å². The molecule has 0 aliphatic carbocycles. The van der Waals surface area contributed by atoms with Crippen molar-refractivity contribution in [1.29, 1.82) is 0 Å². The summed E-state index contributed by atoms with van der Waals surface area (Å²) in [5.41, 5.74) is 20.6. The van der Waals surface area contributed by atoms with E-state index in [0.717, 1.165) is 152 Å². The predicted molar refractivity (Wildman–Crippen MR) is 500 cm³/mol. The number of nitrogens with zero attached hydrogens (tertiary/aromatic N) is 10. The van der Waals surface area contributed by atoms with E-state index < -0.39 is 0 Å². The maximum absolute atomic E-state index is 7.16. The highest BCUT2D eigenvalue weighted by Gasteiger charge is 2.32. The molecule has 0 N–H and O–H groups in total. The van der Waals surface area contributed by atoms with Crippen LogP contribution in [0.25, 0.3) is 284 Å². The molecule has 0 atom stereocenters. The third kappa shape index (κ3) is 7.76. The van der Waals surface area contributed by atoms with Crippen molar-refractivity contribution >= 4 is 260 Å². The van der Waals surface area contributed by atoms with Crippen LogP contribution in [-0.4, -0.2) is 47.0 Å². The van der Waals surface area contributed by atoms with Gasteiger partial charge in [-0.25, -0.2) is 9.97 Å². The molecule has 0 fully saturated rings. The first-order valence-corrected chi connectivity index (χ1v) is 41.7. The zero-order valence-corrected chi connectivity index (χ0v) is 64.4. The predicted octanol–water partition coefficient (Wildman–Crippen LogP) is 28.5. The normalized spacial score (nSPS) is 12.8. The summed E-state index contributed by atoms with van der Waals surface area (Å²) < 4.78 is 23.8. The highest BCUT2D eigenvalue weighted by Crippen LogP contribution is 2.53. The summed E-state index contributed by atoms with van der Waals surface area (Å²) >= 11 is 1.77. The van der Waals surface area contributed by atoms with E-state index in [1.165, 1.54) is 108 Å². The highest BCUT2D eigenvalue weighted by atomic mass is 32.1. The average molecular weight is 1540 g/mol. The van der Waals surface area contributed by atoms with Crippen LogP contribution in [0.5, 0.6) is 0 Å². The molecule has 0 aliphatic heterocycles. The first-order valence-electron chi connectivity index (χ1n) is 40.9. The summed E-state index contributed by atoms with van der Waals surface area (Å²) in [6.45, 7) is 0. The van der Waals surface area contributed by atoms with Gasteiger partial charge in [-0.2, -0.15) is 9.97 Å². The van der Waals surface area contributed by atoms with Gasteiger partial charge in [0, 0.05) is 102 Å². The second-order valence-electron chi connectivity index (χ2n) is 32.7. The Kier molecular flexibility index (Phi) is 11.5. The Bertz CT molecular complexity index is 9990. The molecule has 0 aliphatic rings. The monoisotopic (exact) mass is 1540 g/mol. The average Bonchev–Trinajstić information content (AvgIpc) is 1.51. The van der Waals surface area contributed by atoms with Gasteiger partial charge in [0.25, 0.3) is 0 Å². The fourth-order valence-corrected chi connectivity index (χ4v) is 23.0. The van der Waals surface area contributed by atoms with Gasteiger partial charge in [0.15, 0.2) is 17.2 Å². The number of furan rings is 1. The number of thiophene rings is 1. The molecular formula is C108H56N10OS. The van der Waals surface area contributed by atoms with Gasteiger partial charge in [-0.3, -0.25) is 18.3 Å². The molecule has 30 aromatic rings. The number of rotatable bonds is 5. The van der Waals surface area contributed by atoms with Crippen molar-refractivity contribution in [2.24, 2.45) is 0 Å². The molecule has 11 nitrogen and oxygen atoms in total. The Balaban J connectivity index is 0.676. The molecular weight excluding hydrogens is 1490 g/mol. The maximum atomic E-state index is 7.16. The SMILES string of the molecule is c1ccc2cc3c(cc2c1)c1cc2c(c4ccccc4n2-c2nc(-n4c5ccc(-c6ccc7c(c6)c6c8c9ccccc9n(-c9nc(-n%10c%11ccccc%11c%11c%12ccccc%12ccc%11%10)nc%10c9oc9ccccc9%10)c8cc8c9cc%10ccccc%10cc9n7c86)cc5c5c6ccccc6ccc54)c4sc5ccccc5c4n2)c2c4ccccc4n3c12. The minimum Gasteiger partial charge on any atom is -0.450 e. The molecule has 12 aromatic heterocycles. The molecule has 0 saturated heterocycles. The fraction of sp³-hybridized carbons (Fsp3) is 0. The Morgan fingerprint density at radius 2 is 0.625 bits per heavy atom. The van der Waals surface area contributed by atoms with Crippen LogP contribution < -0.4 is 0 Å². The van der Waals surface area contributed by atoms with E-state index in [0.29, 0.717) is 23.3 Å². The summed E-state index contributed by atoms with van der Waals surface area (Å²) in [5, 5.41) is 30.3. The zero-order valence-electron chi connectivity index (χ0n) is 63.6. The van der Waals surface area contributed by atoms with Gasteiger partial charge in [-0.15, -0.1) is 11.3 Å². The number of benzene rings is 18. The summed E-state index contributed by atoms with van der Waals surface area (Å²) in [6, 6.07) is 125. The second kappa shape index (κ2) is 22.1. The van der Waals surface area contributed by atoms with E-state index in [9.17, 15) is 0 Å². The molecule has 0 saturated carbocycles. The fourth-order valence-electron chi connectivity index (χ4n) is 21.9. The van der Waals surface area contributed by atoms with Gasteiger partial charge >= 0.3 is 0 Å². The zero-order chi connectivity index (χ0) is 77.3. The number of fused-ring (bicyclic) bond motifs is 38. The Morgan fingerprint density at radius 3 is 1.24 bits per heavy atom. The van der Waals surface area contributed by atoms with Crippen LogP contribution >= 0.6 is 11.3 Å². The molecule has 12 heteroatoms. The summed E-state index contributed by atoms with van der Waals surface area (Å²) in [6.07, 6.45) is 0. The molecule has 12 heterocycles. The summed E-state index contributed by atoms with van der Waals surface area (Å²) in [5.74, 6) is 2.67. The molecule has 18 aromatic carbocycles. The van der Waals surface area contributed by atoms with Crippen molar-refractivity contribution in [2.45, 2.75) is 0 Å². The van der Waals surface area contributed by atoms with Gasteiger partial charge < -0.3 is 13.2 Å². The molecule has 0 spiro atoms. The van der Waals surface area contributed by atoms with E-state index in [4.69, 9.17) is 24.4 Å². The topological polar surface area (TPSA) is 93.2 Å². The smallest absolute Gasteiger partial charge is 0.237 e. The van der Waals surface area contributed by atoms with Crippen LogP contribution in [-0.2, 0) is 0 Å². The Labute approximate surface area is 681 Å². The largest absolute Gasteiger partial charge is 0.450 e. The second-order valence-corrected chi connectivity index (χ2v) is 33.7. The van der Waals surface area contributed by atoms with Crippen molar-refractivity contribution < 1.29 is 4.42 Å².